The SMILES string of the molecule is CCOC(=O)NN(C(=O)OCC)C1(C)C=CC(=O)C(C)=C1. The van der Waals surface area contributed by atoms with Crippen molar-refractivity contribution in [2.75, 3.05) is 13.2 Å². The molecular weight excluding hydrogens is 276 g/mol. The summed E-state index contributed by atoms with van der Waals surface area (Å²) in [5.41, 5.74) is 1.79. The van der Waals surface area contributed by atoms with Crippen LogP contribution in [0.25, 0.3) is 0 Å². The molecule has 0 aromatic heterocycles. The molecule has 0 radical (unpaired) electrons. The highest BCUT2D eigenvalue weighted by atomic mass is 16.6. The highest BCUT2D eigenvalue weighted by Gasteiger charge is 2.37. The van der Waals surface area contributed by atoms with Crippen LogP contribution in [0.15, 0.2) is 23.8 Å². The standard InChI is InChI=1S/C14H20N2O5/c1-5-20-12(18)15-16(13(19)21-6-2)14(4)8-7-11(17)10(3)9-14/h7-9H,5-6H2,1-4H3,(H,15,18). The third kappa shape index (κ3) is 4.08. The number of allylic oxidation sites excluding steroid dienone is 2. The average Bonchev–Trinajstić information content (AvgIpc) is 2.41. The van der Waals surface area contributed by atoms with Gasteiger partial charge in [-0.1, -0.05) is 0 Å². The van der Waals surface area contributed by atoms with Crippen LogP contribution in [-0.2, 0) is 14.3 Å². The number of carbonyl (C=O) groups is 3. The van der Waals surface area contributed by atoms with Gasteiger partial charge in [0.2, 0.25) is 0 Å². The second kappa shape index (κ2) is 6.92. The van der Waals surface area contributed by atoms with Crippen molar-refractivity contribution in [3.8, 4) is 0 Å². The molecule has 0 saturated carbocycles. The van der Waals surface area contributed by atoms with Crippen molar-refractivity contribution >= 4 is 18.0 Å². The Balaban J connectivity index is 3.05. The minimum absolute atomic E-state index is 0.146. The molecule has 0 aromatic rings. The van der Waals surface area contributed by atoms with Crippen LogP contribution in [0.3, 0.4) is 0 Å². The largest absolute Gasteiger partial charge is 0.449 e. The van der Waals surface area contributed by atoms with Gasteiger partial charge in [0.05, 0.1) is 13.2 Å². The first kappa shape index (κ1) is 16.7. The van der Waals surface area contributed by atoms with E-state index in [9.17, 15) is 14.4 Å². The Morgan fingerprint density at radius 2 is 1.90 bits per heavy atom. The van der Waals surface area contributed by atoms with E-state index < -0.39 is 17.7 Å². The number of nitrogens with one attached hydrogen (secondary N) is 1. The van der Waals surface area contributed by atoms with Gasteiger partial charge in [-0.3, -0.25) is 4.79 Å². The maximum absolute atomic E-state index is 12.1. The van der Waals surface area contributed by atoms with Gasteiger partial charge >= 0.3 is 12.2 Å². The van der Waals surface area contributed by atoms with E-state index in [1.54, 1.807) is 33.8 Å². The van der Waals surface area contributed by atoms with Crippen molar-refractivity contribution in [1.29, 1.82) is 0 Å². The molecule has 1 aliphatic rings. The van der Waals surface area contributed by atoms with Gasteiger partial charge in [-0.25, -0.2) is 20.0 Å². The minimum Gasteiger partial charge on any atom is -0.449 e. The van der Waals surface area contributed by atoms with Crippen molar-refractivity contribution in [2.45, 2.75) is 33.2 Å². The third-order valence-electron chi connectivity index (χ3n) is 2.88. The summed E-state index contributed by atoms with van der Waals surface area (Å²) in [5, 5.41) is 1.00. The van der Waals surface area contributed by atoms with Crippen LogP contribution in [-0.4, -0.2) is 41.7 Å². The predicted molar refractivity (Wildman–Crippen MR) is 75.3 cm³/mol. The van der Waals surface area contributed by atoms with Crippen LogP contribution in [0.5, 0.6) is 0 Å². The van der Waals surface area contributed by atoms with Crippen molar-refractivity contribution in [1.82, 2.24) is 10.4 Å². The lowest BCUT2D eigenvalue weighted by molar-refractivity contribution is -0.111. The number of ether oxygens (including phenoxy) is 2. The fourth-order valence-corrected chi connectivity index (χ4v) is 1.88. The molecule has 0 fully saturated rings. The van der Waals surface area contributed by atoms with Gasteiger partial charge in [0.15, 0.2) is 5.78 Å². The summed E-state index contributed by atoms with van der Waals surface area (Å²) in [5.74, 6) is -0.146. The van der Waals surface area contributed by atoms with E-state index in [1.807, 2.05) is 0 Å². The second-order valence-corrected chi connectivity index (χ2v) is 4.62. The molecule has 2 amide bonds. The Hall–Kier alpha value is -2.31. The van der Waals surface area contributed by atoms with E-state index in [1.165, 1.54) is 12.2 Å². The van der Waals surface area contributed by atoms with Crippen molar-refractivity contribution in [3.63, 3.8) is 0 Å². The first-order valence-electron chi connectivity index (χ1n) is 6.67. The van der Waals surface area contributed by atoms with E-state index in [-0.39, 0.29) is 19.0 Å². The van der Waals surface area contributed by atoms with E-state index >= 15 is 0 Å². The molecule has 0 saturated heterocycles. The smallest absolute Gasteiger partial charge is 0.429 e. The number of hydrazine groups is 1. The predicted octanol–water partition coefficient (Wildman–Crippen LogP) is 1.95. The maximum Gasteiger partial charge on any atom is 0.429 e. The number of amides is 2. The molecule has 116 valence electrons. The van der Waals surface area contributed by atoms with Crippen LogP contribution in [0, 0.1) is 0 Å². The molecule has 21 heavy (non-hydrogen) atoms. The highest BCUT2D eigenvalue weighted by Crippen LogP contribution is 2.24. The number of nitrogens with zero attached hydrogens (tertiary/aromatic N) is 1. The molecule has 1 unspecified atom stereocenters. The van der Waals surface area contributed by atoms with Crippen molar-refractivity contribution < 1.29 is 23.9 Å². The normalized spacial score (nSPS) is 20.6. The van der Waals surface area contributed by atoms with Gasteiger partial charge in [-0.15, -0.1) is 0 Å². The molecule has 1 N–H and O–H groups in total. The zero-order valence-corrected chi connectivity index (χ0v) is 12.6. The van der Waals surface area contributed by atoms with Crippen molar-refractivity contribution in [3.05, 3.63) is 23.8 Å². The summed E-state index contributed by atoms with van der Waals surface area (Å²) in [7, 11) is 0. The number of rotatable bonds is 3. The molecule has 7 nitrogen and oxygen atoms in total. The van der Waals surface area contributed by atoms with E-state index in [0.717, 1.165) is 5.01 Å². The molecule has 0 spiro atoms. The summed E-state index contributed by atoms with van der Waals surface area (Å²) in [6.45, 7) is 6.94. The number of hydrogen-bond acceptors (Lipinski definition) is 5. The Kier molecular flexibility index (Phi) is 5.52. The summed E-state index contributed by atoms with van der Waals surface area (Å²) >= 11 is 0. The lowest BCUT2D eigenvalue weighted by Crippen LogP contribution is -2.58. The molecule has 0 heterocycles. The molecular formula is C14H20N2O5. The van der Waals surface area contributed by atoms with Gasteiger partial charge in [-0.05, 0) is 51.5 Å². The van der Waals surface area contributed by atoms with Crippen LogP contribution in [0.1, 0.15) is 27.7 Å². The maximum atomic E-state index is 12.1. The molecule has 7 heteroatoms. The monoisotopic (exact) mass is 296 g/mol. The molecule has 0 bridgehead atoms. The summed E-state index contributed by atoms with van der Waals surface area (Å²) < 4.78 is 9.71. The lowest BCUT2D eigenvalue weighted by Gasteiger charge is -2.36. The molecule has 0 aromatic carbocycles. The fraction of sp³-hybridized carbons (Fsp3) is 0.500. The molecule has 1 atom stereocenters. The Labute approximate surface area is 123 Å². The second-order valence-electron chi connectivity index (χ2n) is 4.62. The Bertz CT molecular complexity index is 498. The minimum atomic E-state index is -1.02. The summed E-state index contributed by atoms with van der Waals surface area (Å²) in [6.07, 6.45) is 2.94. The van der Waals surface area contributed by atoms with Crippen molar-refractivity contribution in [2.24, 2.45) is 0 Å². The topological polar surface area (TPSA) is 84.9 Å². The van der Waals surface area contributed by atoms with Gasteiger partial charge in [0, 0.05) is 0 Å². The Morgan fingerprint density at radius 1 is 1.29 bits per heavy atom. The molecule has 0 aliphatic heterocycles. The number of hydrogen-bond donors (Lipinski definition) is 1. The fourth-order valence-electron chi connectivity index (χ4n) is 1.88. The lowest BCUT2D eigenvalue weighted by atomic mass is 9.91. The van der Waals surface area contributed by atoms with Crippen LogP contribution in [0.2, 0.25) is 0 Å². The number of ketones is 1. The van der Waals surface area contributed by atoms with Gasteiger partial charge in [0.25, 0.3) is 0 Å². The quantitative estimate of drug-likeness (QED) is 0.805. The zero-order chi connectivity index (χ0) is 16.0. The van der Waals surface area contributed by atoms with Crippen LogP contribution < -0.4 is 5.43 Å². The van der Waals surface area contributed by atoms with Crippen LogP contribution >= 0.6 is 0 Å². The van der Waals surface area contributed by atoms with E-state index in [4.69, 9.17) is 9.47 Å². The molecule has 1 aliphatic carbocycles. The van der Waals surface area contributed by atoms with E-state index in [0.29, 0.717) is 5.57 Å². The van der Waals surface area contributed by atoms with Gasteiger partial charge < -0.3 is 9.47 Å². The molecule has 1 rings (SSSR count). The van der Waals surface area contributed by atoms with Gasteiger partial charge in [0.1, 0.15) is 5.54 Å². The zero-order valence-electron chi connectivity index (χ0n) is 12.6. The van der Waals surface area contributed by atoms with Gasteiger partial charge in [-0.2, -0.15) is 0 Å². The Morgan fingerprint density at radius 3 is 2.43 bits per heavy atom. The average molecular weight is 296 g/mol. The highest BCUT2D eigenvalue weighted by molar-refractivity contribution is 6.05. The summed E-state index contributed by atoms with van der Waals surface area (Å²) in [6, 6.07) is 0. The third-order valence-corrected chi connectivity index (χ3v) is 2.88. The first-order chi connectivity index (χ1) is 9.84. The van der Waals surface area contributed by atoms with Crippen LogP contribution in [0.4, 0.5) is 9.59 Å². The van der Waals surface area contributed by atoms with E-state index in [2.05, 4.69) is 5.43 Å². The number of carbonyl (C=O) groups excluding carboxylic acids is 3. The summed E-state index contributed by atoms with van der Waals surface area (Å²) in [4.78, 5) is 35.2. The first-order valence-corrected chi connectivity index (χ1v) is 6.67.